The molecule has 0 heterocycles. The molecule has 0 spiro atoms. The average molecular weight is 288 g/mol. The molecule has 0 aliphatic heterocycles. The summed E-state index contributed by atoms with van der Waals surface area (Å²) in [5, 5.41) is 10.8. The molecule has 0 radical (unpaired) electrons. The number of hydrogen-bond donors (Lipinski definition) is 0. The number of halogens is 1. The van der Waals surface area contributed by atoms with Gasteiger partial charge in [0.25, 0.3) is 5.69 Å². The number of nitro benzene ring substituents is 1. The lowest BCUT2D eigenvalue weighted by Crippen LogP contribution is -2.15. The van der Waals surface area contributed by atoms with E-state index in [9.17, 15) is 19.3 Å². The zero-order valence-corrected chi connectivity index (χ0v) is 11.5. The number of non-ortho nitro benzene ring substituents is 1. The SMILES string of the molecule is CC(=O)c1cc([N+](=O)[O-])ccc1N(C)c1ccccc1F. The lowest BCUT2D eigenvalue weighted by molar-refractivity contribution is -0.384. The first-order chi connectivity index (χ1) is 9.91. The molecule has 2 rings (SSSR count). The summed E-state index contributed by atoms with van der Waals surface area (Å²) in [4.78, 5) is 23.4. The first kappa shape index (κ1) is 14.6. The van der Waals surface area contributed by atoms with Crippen molar-refractivity contribution in [3.8, 4) is 0 Å². The minimum absolute atomic E-state index is 0.175. The average Bonchev–Trinajstić information content (AvgIpc) is 2.46. The number of hydrogen-bond acceptors (Lipinski definition) is 4. The Morgan fingerprint density at radius 3 is 2.43 bits per heavy atom. The van der Waals surface area contributed by atoms with Crippen molar-refractivity contribution in [2.45, 2.75) is 6.92 Å². The highest BCUT2D eigenvalue weighted by Gasteiger charge is 2.18. The summed E-state index contributed by atoms with van der Waals surface area (Å²) < 4.78 is 13.8. The molecule has 0 amide bonds. The molecule has 2 aromatic rings. The molecule has 5 nitrogen and oxygen atoms in total. The van der Waals surface area contributed by atoms with Gasteiger partial charge in [0.05, 0.1) is 16.3 Å². The van der Waals surface area contributed by atoms with Crippen LogP contribution in [0.3, 0.4) is 0 Å². The Labute approximate surface area is 120 Å². The number of nitrogens with zero attached hydrogens (tertiary/aromatic N) is 2. The molecule has 0 saturated carbocycles. The number of carbonyl (C=O) groups is 1. The van der Waals surface area contributed by atoms with Crippen molar-refractivity contribution in [1.29, 1.82) is 0 Å². The second kappa shape index (κ2) is 5.70. The maximum atomic E-state index is 13.8. The Bertz CT molecular complexity index is 716. The maximum absolute atomic E-state index is 13.8. The van der Waals surface area contributed by atoms with E-state index in [1.807, 2.05) is 0 Å². The molecular formula is C15H13FN2O3. The maximum Gasteiger partial charge on any atom is 0.270 e. The monoisotopic (exact) mass is 288 g/mol. The van der Waals surface area contributed by atoms with Gasteiger partial charge in [0, 0.05) is 24.7 Å². The van der Waals surface area contributed by atoms with Gasteiger partial charge in [0.2, 0.25) is 0 Å². The van der Waals surface area contributed by atoms with Crippen molar-refractivity contribution >= 4 is 22.8 Å². The van der Waals surface area contributed by atoms with Crippen LogP contribution < -0.4 is 4.90 Å². The lowest BCUT2D eigenvalue weighted by Gasteiger charge is -2.22. The number of carbonyl (C=O) groups excluding carboxylic acids is 1. The van der Waals surface area contributed by atoms with Gasteiger partial charge in [-0.25, -0.2) is 4.39 Å². The predicted molar refractivity (Wildman–Crippen MR) is 77.6 cm³/mol. The van der Waals surface area contributed by atoms with Gasteiger partial charge in [-0.1, -0.05) is 12.1 Å². The van der Waals surface area contributed by atoms with Crippen molar-refractivity contribution < 1.29 is 14.1 Å². The summed E-state index contributed by atoms with van der Waals surface area (Å²) in [6, 6.07) is 10.1. The molecule has 0 N–H and O–H groups in total. The Balaban J connectivity index is 2.55. The summed E-state index contributed by atoms with van der Waals surface area (Å²) in [6.07, 6.45) is 0. The Kier molecular flexibility index (Phi) is 3.98. The van der Waals surface area contributed by atoms with Gasteiger partial charge < -0.3 is 4.90 Å². The van der Waals surface area contributed by atoms with Gasteiger partial charge in [0.15, 0.2) is 5.78 Å². The second-order valence-electron chi connectivity index (χ2n) is 4.53. The van der Waals surface area contributed by atoms with Crippen molar-refractivity contribution in [2.75, 3.05) is 11.9 Å². The predicted octanol–water partition coefficient (Wildman–Crippen LogP) is 3.70. The normalized spacial score (nSPS) is 10.2. The van der Waals surface area contributed by atoms with Gasteiger partial charge in [-0.3, -0.25) is 14.9 Å². The fourth-order valence-electron chi connectivity index (χ4n) is 2.07. The summed E-state index contributed by atoms with van der Waals surface area (Å²) in [7, 11) is 1.60. The first-order valence-corrected chi connectivity index (χ1v) is 6.19. The van der Waals surface area contributed by atoms with Crippen LogP contribution >= 0.6 is 0 Å². The Morgan fingerprint density at radius 1 is 1.19 bits per heavy atom. The molecule has 108 valence electrons. The van der Waals surface area contributed by atoms with Gasteiger partial charge in [-0.15, -0.1) is 0 Å². The number of anilines is 2. The smallest absolute Gasteiger partial charge is 0.270 e. The summed E-state index contributed by atoms with van der Waals surface area (Å²) in [6.45, 7) is 1.32. The minimum Gasteiger partial charge on any atom is -0.342 e. The Hall–Kier alpha value is -2.76. The topological polar surface area (TPSA) is 63.4 Å². The van der Waals surface area contributed by atoms with Gasteiger partial charge in [0.1, 0.15) is 5.82 Å². The second-order valence-corrected chi connectivity index (χ2v) is 4.53. The Morgan fingerprint density at radius 2 is 1.86 bits per heavy atom. The molecule has 2 aromatic carbocycles. The van der Waals surface area contributed by atoms with E-state index in [4.69, 9.17) is 0 Å². The molecule has 0 fully saturated rings. The molecular weight excluding hydrogens is 275 g/mol. The molecule has 0 aliphatic carbocycles. The summed E-state index contributed by atoms with van der Waals surface area (Å²) in [5.74, 6) is -0.759. The van der Waals surface area contributed by atoms with Gasteiger partial charge in [-0.05, 0) is 25.1 Å². The van der Waals surface area contributed by atoms with Crippen LogP contribution in [0.15, 0.2) is 42.5 Å². The van der Waals surface area contributed by atoms with Crippen LogP contribution in [0.4, 0.5) is 21.5 Å². The quantitative estimate of drug-likeness (QED) is 0.489. The fourth-order valence-corrected chi connectivity index (χ4v) is 2.07. The van der Waals surface area contributed by atoms with Crippen LogP contribution in [0.1, 0.15) is 17.3 Å². The zero-order chi connectivity index (χ0) is 15.6. The van der Waals surface area contributed by atoms with E-state index < -0.39 is 10.7 Å². The van der Waals surface area contributed by atoms with Gasteiger partial charge >= 0.3 is 0 Å². The van der Waals surface area contributed by atoms with Crippen LogP contribution in [0, 0.1) is 15.9 Å². The molecule has 0 bridgehead atoms. The number of nitro groups is 1. The molecule has 21 heavy (non-hydrogen) atoms. The van der Waals surface area contributed by atoms with E-state index in [1.165, 1.54) is 36.1 Å². The molecule has 0 unspecified atom stereocenters. The fraction of sp³-hybridized carbons (Fsp3) is 0.133. The number of para-hydroxylation sites is 1. The largest absolute Gasteiger partial charge is 0.342 e. The van der Waals surface area contributed by atoms with E-state index >= 15 is 0 Å². The third-order valence-corrected chi connectivity index (χ3v) is 3.15. The molecule has 6 heteroatoms. The number of Topliss-reactive ketones (excluding diaryl/α,β-unsaturated/α-hetero) is 1. The number of benzene rings is 2. The van der Waals surface area contributed by atoms with Crippen LogP contribution in [0.5, 0.6) is 0 Å². The van der Waals surface area contributed by atoms with Crippen LogP contribution in [-0.4, -0.2) is 17.8 Å². The highest BCUT2D eigenvalue weighted by atomic mass is 19.1. The molecule has 0 aliphatic rings. The van der Waals surface area contributed by atoms with E-state index in [2.05, 4.69) is 0 Å². The third kappa shape index (κ3) is 2.89. The lowest BCUT2D eigenvalue weighted by atomic mass is 10.1. The molecule has 0 aromatic heterocycles. The minimum atomic E-state index is -0.570. The van der Waals surface area contributed by atoms with Crippen molar-refractivity contribution in [3.05, 3.63) is 64.0 Å². The van der Waals surface area contributed by atoms with Crippen LogP contribution in [0.25, 0.3) is 0 Å². The number of rotatable bonds is 4. The highest BCUT2D eigenvalue weighted by molar-refractivity contribution is 6.01. The van der Waals surface area contributed by atoms with Crippen LogP contribution in [0.2, 0.25) is 0 Å². The van der Waals surface area contributed by atoms with Crippen molar-refractivity contribution in [1.82, 2.24) is 0 Å². The third-order valence-electron chi connectivity index (χ3n) is 3.15. The van der Waals surface area contributed by atoms with E-state index in [1.54, 1.807) is 25.2 Å². The van der Waals surface area contributed by atoms with E-state index in [-0.39, 0.29) is 22.7 Å². The van der Waals surface area contributed by atoms with Crippen molar-refractivity contribution in [2.24, 2.45) is 0 Å². The highest BCUT2D eigenvalue weighted by Crippen LogP contribution is 2.31. The van der Waals surface area contributed by atoms with Crippen LogP contribution in [-0.2, 0) is 0 Å². The molecule has 0 atom stereocenters. The van der Waals surface area contributed by atoms with E-state index in [0.717, 1.165) is 0 Å². The number of ketones is 1. The summed E-state index contributed by atoms with van der Waals surface area (Å²) >= 11 is 0. The van der Waals surface area contributed by atoms with Crippen molar-refractivity contribution in [3.63, 3.8) is 0 Å². The first-order valence-electron chi connectivity index (χ1n) is 6.19. The molecule has 0 saturated heterocycles. The summed E-state index contributed by atoms with van der Waals surface area (Å²) in [5.41, 5.74) is 0.702. The van der Waals surface area contributed by atoms with E-state index in [0.29, 0.717) is 5.69 Å². The van der Waals surface area contributed by atoms with Gasteiger partial charge in [-0.2, -0.15) is 0 Å². The standard InChI is InChI=1S/C15H13FN2O3/c1-10(19)12-9-11(18(20)21)7-8-14(12)17(2)15-6-4-3-5-13(15)16/h3-9H,1-2H3. The zero-order valence-electron chi connectivity index (χ0n) is 11.5.